The van der Waals surface area contributed by atoms with Crippen LogP contribution in [-0.2, 0) is 17.9 Å². The highest BCUT2D eigenvalue weighted by atomic mass is 32.2. The van der Waals surface area contributed by atoms with E-state index in [0.717, 1.165) is 16.0 Å². The third-order valence-electron chi connectivity index (χ3n) is 4.24. The highest BCUT2D eigenvalue weighted by molar-refractivity contribution is 8.00. The van der Waals surface area contributed by atoms with Gasteiger partial charge in [-0.25, -0.2) is 0 Å². The minimum Gasteiger partial charge on any atom is -0.508 e. The van der Waals surface area contributed by atoms with Gasteiger partial charge in [0.2, 0.25) is 5.91 Å². The van der Waals surface area contributed by atoms with Crippen LogP contribution in [0.15, 0.2) is 89.8 Å². The lowest BCUT2D eigenvalue weighted by molar-refractivity contribution is -0.131. The molecule has 0 aromatic heterocycles. The molecule has 1 unspecified atom stereocenters. The van der Waals surface area contributed by atoms with Gasteiger partial charge in [0.15, 0.2) is 0 Å². The molecule has 0 aliphatic rings. The van der Waals surface area contributed by atoms with Gasteiger partial charge in [-0.1, -0.05) is 60.7 Å². The topological polar surface area (TPSA) is 40.5 Å². The van der Waals surface area contributed by atoms with Crippen LogP contribution in [0.25, 0.3) is 0 Å². The number of aromatic hydroxyl groups is 1. The lowest BCUT2D eigenvalue weighted by Crippen LogP contribution is -2.35. The predicted octanol–water partition coefficient (Wildman–Crippen LogP) is 5.10. The Morgan fingerprint density at radius 2 is 1.33 bits per heavy atom. The molecule has 1 atom stereocenters. The zero-order valence-electron chi connectivity index (χ0n) is 15.3. The minimum absolute atomic E-state index is 0.0979. The van der Waals surface area contributed by atoms with Crippen LogP contribution in [-0.4, -0.2) is 21.2 Å². The van der Waals surface area contributed by atoms with Crippen molar-refractivity contribution in [3.8, 4) is 5.75 Å². The molecule has 1 N–H and O–H groups in total. The van der Waals surface area contributed by atoms with Crippen LogP contribution in [0, 0.1) is 0 Å². The van der Waals surface area contributed by atoms with E-state index in [9.17, 15) is 9.90 Å². The Balaban J connectivity index is 1.75. The van der Waals surface area contributed by atoms with Crippen molar-refractivity contribution in [2.75, 3.05) is 0 Å². The number of amides is 1. The Hall–Kier alpha value is -2.72. The molecule has 0 radical (unpaired) electrons. The molecule has 4 heteroatoms. The first kappa shape index (κ1) is 19.1. The SMILES string of the molecule is CC(Sc1ccc(O)cc1)C(=O)N(Cc1ccccc1)Cc1ccccc1. The number of carbonyl (C=O) groups is 1. The molecule has 3 aromatic carbocycles. The third kappa shape index (κ3) is 5.63. The third-order valence-corrected chi connectivity index (χ3v) is 5.34. The van der Waals surface area contributed by atoms with E-state index in [-0.39, 0.29) is 16.9 Å². The van der Waals surface area contributed by atoms with E-state index < -0.39 is 0 Å². The molecule has 3 aromatic rings. The average molecular weight is 378 g/mol. The maximum absolute atomic E-state index is 13.2. The van der Waals surface area contributed by atoms with Gasteiger partial charge in [0.25, 0.3) is 0 Å². The summed E-state index contributed by atoms with van der Waals surface area (Å²) in [5.41, 5.74) is 2.23. The fourth-order valence-electron chi connectivity index (χ4n) is 2.86. The quantitative estimate of drug-likeness (QED) is 0.582. The van der Waals surface area contributed by atoms with E-state index in [2.05, 4.69) is 0 Å². The molecule has 0 fully saturated rings. The lowest BCUT2D eigenvalue weighted by atomic mass is 10.1. The second-order valence-electron chi connectivity index (χ2n) is 6.42. The van der Waals surface area contributed by atoms with E-state index in [1.54, 1.807) is 12.1 Å². The molecule has 0 heterocycles. The summed E-state index contributed by atoms with van der Waals surface area (Å²) in [6.07, 6.45) is 0. The number of hydrogen-bond acceptors (Lipinski definition) is 3. The van der Waals surface area contributed by atoms with E-state index in [0.29, 0.717) is 13.1 Å². The molecule has 0 aliphatic heterocycles. The Morgan fingerprint density at radius 1 is 0.852 bits per heavy atom. The van der Waals surface area contributed by atoms with Crippen molar-refractivity contribution in [2.45, 2.75) is 30.2 Å². The summed E-state index contributed by atoms with van der Waals surface area (Å²) in [5.74, 6) is 0.328. The van der Waals surface area contributed by atoms with Crippen LogP contribution in [0.2, 0.25) is 0 Å². The number of benzene rings is 3. The van der Waals surface area contributed by atoms with E-state index in [1.165, 1.54) is 11.8 Å². The fourth-order valence-corrected chi connectivity index (χ4v) is 3.81. The van der Waals surface area contributed by atoms with Crippen molar-refractivity contribution < 1.29 is 9.90 Å². The fraction of sp³-hybridized carbons (Fsp3) is 0.174. The monoisotopic (exact) mass is 377 g/mol. The zero-order chi connectivity index (χ0) is 19.1. The van der Waals surface area contributed by atoms with Crippen LogP contribution in [0.4, 0.5) is 0 Å². The largest absolute Gasteiger partial charge is 0.508 e. The average Bonchev–Trinajstić information content (AvgIpc) is 2.70. The number of phenols is 1. The molecular weight excluding hydrogens is 354 g/mol. The summed E-state index contributed by atoms with van der Waals surface area (Å²) in [4.78, 5) is 16.1. The van der Waals surface area contributed by atoms with E-state index in [1.807, 2.05) is 84.6 Å². The van der Waals surface area contributed by atoms with Crippen LogP contribution < -0.4 is 0 Å². The van der Waals surface area contributed by atoms with Gasteiger partial charge in [-0.05, 0) is 42.3 Å². The highest BCUT2D eigenvalue weighted by Gasteiger charge is 2.22. The summed E-state index contributed by atoms with van der Waals surface area (Å²) < 4.78 is 0. The Kier molecular flexibility index (Phi) is 6.55. The first-order chi connectivity index (χ1) is 13.1. The molecule has 0 aliphatic carbocycles. The maximum atomic E-state index is 13.2. The van der Waals surface area contributed by atoms with Crippen molar-refractivity contribution in [1.29, 1.82) is 0 Å². The van der Waals surface area contributed by atoms with Crippen molar-refractivity contribution in [3.05, 3.63) is 96.1 Å². The second kappa shape index (κ2) is 9.28. The lowest BCUT2D eigenvalue weighted by Gasteiger charge is -2.26. The van der Waals surface area contributed by atoms with Gasteiger partial charge in [0, 0.05) is 18.0 Å². The van der Waals surface area contributed by atoms with Crippen molar-refractivity contribution in [3.63, 3.8) is 0 Å². The standard InChI is InChI=1S/C23H23NO2S/c1-18(27-22-14-12-21(25)13-15-22)23(26)24(16-19-8-4-2-5-9-19)17-20-10-6-3-7-11-20/h2-15,18,25H,16-17H2,1H3. The van der Waals surface area contributed by atoms with Crippen LogP contribution >= 0.6 is 11.8 Å². The smallest absolute Gasteiger partial charge is 0.236 e. The van der Waals surface area contributed by atoms with Gasteiger partial charge >= 0.3 is 0 Å². The molecule has 1 amide bonds. The van der Waals surface area contributed by atoms with Gasteiger partial charge in [-0.3, -0.25) is 4.79 Å². The Labute approximate surface area is 164 Å². The second-order valence-corrected chi connectivity index (χ2v) is 7.83. The Morgan fingerprint density at radius 3 is 1.81 bits per heavy atom. The van der Waals surface area contributed by atoms with Gasteiger partial charge in [-0.15, -0.1) is 11.8 Å². The summed E-state index contributed by atoms with van der Waals surface area (Å²) >= 11 is 1.51. The number of carbonyl (C=O) groups excluding carboxylic acids is 1. The molecular formula is C23H23NO2S. The normalized spacial score (nSPS) is 11.7. The molecule has 0 spiro atoms. The number of thioether (sulfide) groups is 1. The first-order valence-corrected chi connectivity index (χ1v) is 9.82. The van der Waals surface area contributed by atoms with E-state index >= 15 is 0 Å². The summed E-state index contributed by atoms with van der Waals surface area (Å²) in [7, 11) is 0. The number of rotatable bonds is 7. The summed E-state index contributed by atoms with van der Waals surface area (Å²) in [6.45, 7) is 3.09. The summed E-state index contributed by atoms with van der Waals surface area (Å²) in [6, 6.07) is 27.1. The number of nitrogens with zero attached hydrogens (tertiary/aromatic N) is 1. The van der Waals surface area contributed by atoms with Gasteiger partial charge in [-0.2, -0.15) is 0 Å². The highest BCUT2D eigenvalue weighted by Crippen LogP contribution is 2.27. The number of hydrogen-bond donors (Lipinski definition) is 1. The van der Waals surface area contributed by atoms with Crippen LogP contribution in [0.5, 0.6) is 5.75 Å². The predicted molar refractivity (Wildman–Crippen MR) is 111 cm³/mol. The Bertz CT molecular complexity index is 809. The summed E-state index contributed by atoms with van der Waals surface area (Å²) in [5, 5.41) is 9.21. The molecule has 138 valence electrons. The zero-order valence-corrected chi connectivity index (χ0v) is 16.1. The van der Waals surface area contributed by atoms with Crippen LogP contribution in [0.1, 0.15) is 18.1 Å². The molecule has 3 rings (SSSR count). The minimum atomic E-state index is -0.220. The van der Waals surface area contributed by atoms with Gasteiger partial charge in [0.1, 0.15) is 5.75 Å². The van der Waals surface area contributed by atoms with Crippen molar-refractivity contribution in [1.82, 2.24) is 4.90 Å². The van der Waals surface area contributed by atoms with Crippen molar-refractivity contribution >= 4 is 17.7 Å². The van der Waals surface area contributed by atoms with Gasteiger partial charge in [0.05, 0.1) is 5.25 Å². The molecule has 0 saturated heterocycles. The first-order valence-electron chi connectivity index (χ1n) is 8.94. The van der Waals surface area contributed by atoms with Crippen LogP contribution in [0.3, 0.4) is 0 Å². The molecule has 0 bridgehead atoms. The van der Waals surface area contributed by atoms with Gasteiger partial charge < -0.3 is 10.0 Å². The van der Waals surface area contributed by atoms with E-state index in [4.69, 9.17) is 0 Å². The molecule has 0 saturated carbocycles. The maximum Gasteiger partial charge on any atom is 0.236 e. The van der Waals surface area contributed by atoms with Crippen molar-refractivity contribution in [2.24, 2.45) is 0 Å². The molecule has 27 heavy (non-hydrogen) atoms. The molecule has 3 nitrogen and oxygen atoms in total. The number of phenolic OH excluding ortho intramolecular Hbond substituents is 1.